The third-order valence-corrected chi connectivity index (χ3v) is 3.51. The summed E-state index contributed by atoms with van der Waals surface area (Å²) in [7, 11) is 0. The van der Waals surface area contributed by atoms with Crippen molar-refractivity contribution in [2.24, 2.45) is 0 Å². The lowest BCUT2D eigenvalue weighted by molar-refractivity contribution is -0.386. The van der Waals surface area contributed by atoms with Gasteiger partial charge in [-0.15, -0.1) is 0 Å². The first-order valence-electron chi connectivity index (χ1n) is 7.40. The van der Waals surface area contributed by atoms with Crippen LogP contribution in [0.15, 0.2) is 18.2 Å². The zero-order chi connectivity index (χ0) is 15.4. The topological polar surface area (TPSA) is 76.4 Å². The van der Waals surface area contributed by atoms with Gasteiger partial charge in [0, 0.05) is 29.9 Å². The molecular weight excluding hydrogens is 270 g/mol. The average molecular weight is 293 g/mol. The predicted molar refractivity (Wildman–Crippen MR) is 83.0 cm³/mol. The van der Waals surface area contributed by atoms with Crippen LogP contribution in [0.4, 0.5) is 11.4 Å². The standard InChI is InChI=1S/C15H23N3O3/c1-10(2)21-15-9-12(4-5-14(15)18(19)20)17-13-6-7-16-11(3)8-13/h4-5,9-11,13,16-17H,6-8H2,1-3H3. The Morgan fingerprint density at radius 1 is 1.48 bits per heavy atom. The molecule has 0 radical (unpaired) electrons. The summed E-state index contributed by atoms with van der Waals surface area (Å²) in [5.41, 5.74) is 0.878. The van der Waals surface area contributed by atoms with Gasteiger partial charge in [0.1, 0.15) is 0 Å². The number of nitrogens with one attached hydrogen (secondary N) is 2. The molecule has 1 saturated heterocycles. The van der Waals surface area contributed by atoms with Gasteiger partial charge in [0.2, 0.25) is 0 Å². The van der Waals surface area contributed by atoms with Crippen molar-refractivity contribution < 1.29 is 9.66 Å². The Kier molecular flexibility index (Phi) is 5.01. The lowest BCUT2D eigenvalue weighted by Crippen LogP contribution is -2.41. The molecule has 1 aromatic carbocycles. The van der Waals surface area contributed by atoms with Crippen LogP contribution in [0.3, 0.4) is 0 Å². The Labute approximate surface area is 125 Å². The fourth-order valence-corrected chi connectivity index (χ4v) is 2.60. The van der Waals surface area contributed by atoms with Gasteiger partial charge < -0.3 is 15.4 Å². The number of ether oxygens (including phenoxy) is 1. The minimum Gasteiger partial charge on any atom is -0.484 e. The van der Waals surface area contributed by atoms with Crippen LogP contribution in [-0.2, 0) is 0 Å². The van der Waals surface area contributed by atoms with Gasteiger partial charge in [0.25, 0.3) is 0 Å². The Morgan fingerprint density at radius 2 is 2.24 bits per heavy atom. The van der Waals surface area contributed by atoms with Gasteiger partial charge in [-0.25, -0.2) is 0 Å². The highest BCUT2D eigenvalue weighted by Gasteiger charge is 2.20. The first-order chi connectivity index (χ1) is 9.95. The molecule has 2 atom stereocenters. The van der Waals surface area contributed by atoms with E-state index in [0.29, 0.717) is 17.8 Å². The molecule has 2 rings (SSSR count). The lowest BCUT2D eigenvalue weighted by atomic mass is 10.0. The number of nitro benzene ring substituents is 1. The molecule has 1 aliphatic heterocycles. The van der Waals surface area contributed by atoms with Crippen molar-refractivity contribution in [2.75, 3.05) is 11.9 Å². The maximum absolute atomic E-state index is 11.0. The molecule has 0 bridgehead atoms. The average Bonchev–Trinajstić information content (AvgIpc) is 2.37. The molecule has 6 nitrogen and oxygen atoms in total. The predicted octanol–water partition coefficient (Wildman–Crippen LogP) is 2.93. The number of rotatable bonds is 5. The summed E-state index contributed by atoms with van der Waals surface area (Å²) >= 11 is 0. The van der Waals surface area contributed by atoms with E-state index in [1.54, 1.807) is 12.1 Å². The molecule has 0 saturated carbocycles. The number of hydrogen-bond acceptors (Lipinski definition) is 5. The summed E-state index contributed by atoms with van der Waals surface area (Å²) in [6, 6.07) is 5.85. The van der Waals surface area contributed by atoms with Crippen molar-refractivity contribution in [3.63, 3.8) is 0 Å². The fourth-order valence-electron chi connectivity index (χ4n) is 2.60. The van der Waals surface area contributed by atoms with Gasteiger partial charge in [-0.2, -0.15) is 0 Å². The normalized spacial score (nSPS) is 22.1. The van der Waals surface area contributed by atoms with E-state index in [4.69, 9.17) is 4.74 Å². The van der Waals surface area contributed by atoms with Gasteiger partial charge in [-0.05, 0) is 46.2 Å². The number of nitro groups is 1. The minimum atomic E-state index is -0.409. The summed E-state index contributed by atoms with van der Waals surface area (Å²) in [6.07, 6.45) is 1.98. The first kappa shape index (κ1) is 15.6. The van der Waals surface area contributed by atoms with E-state index >= 15 is 0 Å². The van der Waals surface area contributed by atoms with Crippen molar-refractivity contribution in [3.05, 3.63) is 28.3 Å². The molecule has 0 spiro atoms. The number of benzene rings is 1. The number of piperidine rings is 1. The zero-order valence-electron chi connectivity index (χ0n) is 12.8. The molecule has 116 valence electrons. The summed E-state index contributed by atoms with van der Waals surface area (Å²) in [4.78, 5) is 10.6. The van der Waals surface area contributed by atoms with Crippen LogP contribution < -0.4 is 15.4 Å². The maximum atomic E-state index is 11.0. The van der Waals surface area contributed by atoms with E-state index in [9.17, 15) is 10.1 Å². The van der Waals surface area contributed by atoms with Crippen LogP contribution in [-0.4, -0.2) is 29.7 Å². The molecule has 1 heterocycles. The van der Waals surface area contributed by atoms with Gasteiger partial charge in [0.05, 0.1) is 11.0 Å². The molecule has 0 aromatic heterocycles. The van der Waals surface area contributed by atoms with E-state index < -0.39 is 4.92 Å². The van der Waals surface area contributed by atoms with Crippen LogP contribution in [0.25, 0.3) is 0 Å². The fraction of sp³-hybridized carbons (Fsp3) is 0.600. The summed E-state index contributed by atoms with van der Waals surface area (Å²) in [6.45, 7) is 6.87. The van der Waals surface area contributed by atoms with Crippen molar-refractivity contribution in [3.8, 4) is 5.75 Å². The van der Waals surface area contributed by atoms with Gasteiger partial charge in [-0.3, -0.25) is 10.1 Å². The van der Waals surface area contributed by atoms with E-state index in [1.165, 1.54) is 6.07 Å². The molecule has 0 amide bonds. The van der Waals surface area contributed by atoms with Crippen LogP contribution in [0.2, 0.25) is 0 Å². The van der Waals surface area contributed by atoms with E-state index in [1.807, 2.05) is 13.8 Å². The second kappa shape index (κ2) is 6.76. The number of anilines is 1. The maximum Gasteiger partial charge on any atom is 0.311 e. The quantitative estimate of drug-likeness (QED) is 0.645. The monoisotopic (exact) mass is 293 g/mol. The smallest absolute Gasteiger partial charge is 0.311 e. The Balaban J connectivity index is 2.14. The number of hydrogen-bond donors (Lipinski definition) is 2. The molecule has 1 aromatic rings. The molecule has 2 unspecified atom stereocenters. The van der Waals surface area contributed by atoms with Crippen molar-refractivity contribution in [2.45, 2.75) is 51.8 Å². The van der Waals surface area contributed by atoms with Crippen molar-refractivity contribution >= 4 is 11.4 Å². The Morgan fingerprint density at radius 3 is 2.86 bits per heavy atom. The van der Waals surface area contributed by atoms with Gasteiger partial charge in [0.15, 0.2) is 5.75 Å². The summed E-state index contributed by atoms with van der Waals surface area (Å²) in [5.74, 6) is 0.321. The highest BCUT2D eigenvalue weighted by molar-refractivity contribution is 5.58. The van der Waals surface area contributed by atoms with Crippen molar-refractivity contribution in [1.82, 2.24) is 5.32 Å². The van der Waals surface area contributed by atoms with E-state index in [2.05, 4.69) is 17.6 Å². The molecule has 0 aliphatic carbocycles. The minimum absolute atomic E-state index is 0.00734. The first-order valence-corrected chi connectivity index (χ1v) is 7.40. The van der Waals surface area contributed by atoms with Crippen LogP contribution >= 0.6 is 0 Å². The largest absolute Gasteiger partial charge is 0.484 e. The van der Waals surface area contributed by atoms with Crippen LogP contribution in [0.1, 0.15) is 33.6 Å². The van der Waals surface area contributed by atoms with Crippen LogP contribution in [0, 0.1) is 10.1 Å². The van der Waals surface area contributed by atoms with Crippen molar-refractivity contribution in [1.29, 1.82) is 0 Å². The molecule has 6 heteroatoms. The SMILES string of the molecule is CC1CC(Nc2ccc([N+](=O)[O-])c(OC(C)C)c2)CCN1. The zero-order valence-corrected chi connectivity index (χ0v) is 12.8. The van der Waals surface area contributed by atoms with E-state index in [-0.39, 0.29) is 11.8 Å². The molecule has 2 N–H and O–H groups in total. The second-order valence-electron chi connectivity index (χ2n) is 5.83. The highest BCUT2D eigenvalue weighted by atomic mass is 16.6. The molecular formula is C15H23N3O3. The molecule has 1 aliphatic rings. The number of nitrogens with zero attached hydrogens (tertiary/aromatic N) is 1. The van der Waals surface area contributed by atoms with Gasteiger partial charge >= 0.3 is 5.69 Å². The van der Waals surface area contributed by atoms with Gasteiger partial charge in [-0.1, -0.05) is 0 Å². The lowest BCUT2D eigenvalue weighted by Gasteiger charge is -2.29. The Bertz CT molecular complexity index is 505. The molecule has 1 fully saturated rings. The van der Waals surface area contributed by atoms with E-state index in [0.717, 1.165) is 25.1 Å². The summed E-state index contributed by atoms with van der Waals surface area (Å²) < 4.78 is 5.56. The summed E-state index contributed by atoms with van der Waals surface area (Å²) in [5, 5.41) is 17.9. The Hall–Kier alpha value is -1.82. The highest BCUT2D eigenvalue weighted by Crippen LogP contribution is 2.31. The third kappa shape index (κ3) is 4.32. The van der Waals surface area contributed by atoms with Crippen LogP contribution in [0.5, 0.6) is 5.75 Å². The molecule has 21 heavy (non-hydrogen) atoms. The third-order valence-electron chi connectivity index (χ3n) is 3.51. The second-order valence-corrected chi connectivity index (χ2v) is 5.83.